The van der Waals surface area contributed by atoms with E-state index >= 15 is 8.78 Å². The number of carbonyl (C=O) groups is 2. The Labute approximate surface area is 259 Å². The molecule has 0 spiro atoms. The number of aromatic hydroxyl groups is 1. The van der Waals surface area contributed by atoms with Crippen molar-refractivity contribution in [3.8, 4) is 22.6 Å². The van der Waals surface area contributed by atoms with Gasteiger partial charge in [-0.1, -0.05) is 32.0 Å². The predicted molar refractivity (Wildman–Crippen MR) is 162 cm³/mol. The molecule has 2 N–H and O–H groups in total. The lowest BCUT2D eigenvalue weighted by Gasteiger charge is -2.40. The lowest BCUT2D eigenvalue weighted by Crippen LogP contribution is -2.58. The largest absolute Gasteiger partial charge is 0.507 e. The monoisotopic (exact) mass is 638 g/mol. The third kappa shape index (κ3) is 4.52. The number of piperazine rings is 1. The number of carbonyl (C=O) groups excluding carboxylic acids is 2. The van der Waals surface area contributed by atoms with Gasteiger partial charge in [0.25, 0.3) is 0 Å². The summed E-state index contributed by atoms with van der Waals surface area (Å²) in [6.07, 6.45) is 2.66. The summed E-state index contributed by atoms with van der Waals surface area (Å²) in [6.45, 7) is 8.93. The molecule has 45 heavy (non-hydrogen) atoms. The van der Waals surface area contributed by atoms with Gasteiger partial charge in [0.2, 0.25) is 11.8 Å². The molecule has 1 atom stereocenters. The van der Waals surface area contributed by atoms with Gasteiger partial charge >= 0.3 is 5.69 Å². The minimum Gasteiger partial charge on any atom is -0.507 e. The number of pyridine rings is 1. The van der Waals surface area contributed by atoms with Crippen LogP contribution in [0.4, 0.5) is 24.7 Å². The average Bonchev–Trinajstić information content (AvgIpc) is 3.13. The van der Waals surface area contributed by atoms with Crippen molar-refractivity contribution in [2.45, 2.75) is 32.7 Å². The Bertz CT molecular complexity index is 2030. The molecule has 0 saturated carbocycles. The molecule has 2 aromatic carbocycles. The number of amides is 2. The van der Waals surface area contributed by atoms with E-state index in [-0.39, 0.29) is 48.0 Å². The first-order valence-corrected chi connectivity index (χ1v) is 14.3. The van der Waals surface area contributed by atoms with Gasteiger partial charge in [0.05, 0.1) is 45.1 Å². The van der Waals surface area contributed by atoms with Crippen LogP contribution in [0.5, 0.6) is 5.75 Å². The molecule has 0 aliphatic carbocycles. The number of phenols is 1. The highest BCUT2D eigenvalue weighted by atomic mass is 35.5. The molecule has 232 valence electrons. The molecule has 0 radical (unpaired) electrons. The molecule has 2 aromatic heterocycles. The summed E-state index contributed by atoms with van der Waals surface area (Å²) in [5.74, 6) is -6.62. The molecule has 6 rings (SSSR count). The second-order valence-electron chi connectivity index (χ2n) is 11.1. The van der Waals surface area contributed by atoms with Crippen molar-refractivity contribution in [3.05, 3.63) is 81.3 Å². The minimum absolute atomic E-state index is 0.0339. The number of nitrogens with one attached hydrogen (secondary N) is 1. The van der Waals surface area contributed by atoms with E-state index in [0.717, 1.165) is 16.7 Å². The number of phenolic OH excluding ortho intramolecular Hbond substituents is 1. The van der Waals surface area contributed by atoms with Crippen LogP contribution in [0.2, 0.25) is 5.02 Å². The van der Waals surface area contributed by atoms with Crippen LogP contribution in [0.15, 0.2) is 41.8 Å². The molecule has 4 heterocycles. The molecule has 2 aliphatic heterocycles. The van der Waals surface area contributed by atoms with Crippen molar-refractivity contribution < 1.29 is 27.9 Å². The topological polar surface area (TPSA) is 121 Å². The summed E-state index contributed by atoms with van der Waals surface area (Å²) in [7, 11) is 0. The van der Waals surface area contributed by atoms with Crippen molar-refractivity contribution in [2.75, 3.05) is 29.9 Å². The Balaban J connectivity index is 1.80. The maximum Gasteiger partial charge on any atom is 0.354 e. The quantitative estimate of drug-likeness (QED) is 0.308. The third-order valence-electron chi connectivity index (χ3n) is 8.13. The summed E-state index contributed by atoms with van der Waals surface area (Å²) in [4.78, 5) is 51.9. The first-order chi connectivity index (χ1) is 21.4. The van der Waals surface area contributed by atoms with Crippen molar-refractivity contribution in [1.82, 2.24) is 19.4 Å². The molecule has 2 aliphatic rings. The van der Waals surface area contributed by atoms with E-state index in [1.807, 2.05) is 13.8 Å². The SMILES string of the molecule is C=CC(=O)N1CCN2c3nc(=O)n(-c4c(C)ccnc4C(C)C)c4c(Cl)c(-c5c(O)ccc(F)c5F)c(F)c(c34)NC(=O)C2C1. The Morgan fingerprint density at radius 1 is 1.16 bits per heavy atom. The van der Waals surface area contributed by atoms with Crippen LogP contribution in [0.25, 0.3) is 27.7 Å². The molecular weight excluding hydrogens is 613 g/mol. The summed E-state index contributed by atoms with van der Waals surface area (Å²) < 4.78 is 47.7. The van der Waals surface area contributed by atoms with Gasteiger partial charge in [0.15, 0.2) is 17.5 Å². The van der Waals surface area contributed by atoms with E-state index in [2.05, 4.69) is 21.9 Å². The molecule has 1 unspecified atom stereocenters. The van der Waals surface area contributed by atoms with Crippen LogP contribution in [-0.4, -0.2) is 62.0 Å². The lowest BCUT2D eigenvalue weighted by atomic mass is 9.98. The zero-order valence-corrected chi connectivity index (χ0v) is 25.0. The zero-order valence-electron chi connectivity index (χ0n) is 24.3. The first-order valence-electron chi connectivity index (χ1n) is 14.0. The number of benzene rings is 2. The van der Waals surface area contributed by atoms with Gasteiger partial charge in [0, 0.05) is 24.8 Å². The van der Waals surface area contributed by atoms with E-state index < -0.39 is 68.6 Å². The highest BCUT2D eigenvalue weighted by Gasteiger charge is 2.41. The van der Waals surface area contributed by atoms with Crippen LogP contribution in [0.3, 0.4) is 0 Å². The summed E-state index contributed by atoms with van der Waals surface area (Å²) in [5, 5.41) is 12.5. The molecule has 1 saturated heterocycles. The third-order valence-corrected chi connectivity index (χ3v) is 8.50. The van der Waals surface area contributed by atoms with Crippen molar-refractivity contribution in [3.63, 3.8) is 0 Å². The fraction of sp³-hybridized carbons (Fsp3) is 0.258. The fourth-order valence-electron chi connectivity index (χ4n) is 6.01. The van der Waals surface area contributed by atoms with Crippen LogP contribution < -0.4 is 15.9 Å². The number of hydrogen-bond acceptors (Lipinski definition) is 7. The molecule has 2 amide bonds. The standard InChI is InChI=1S/C31H26ClF3N6O4/c1-5-18(43)39-10-11-40-16(12-39)30(44)37-26-21-28(22(32)20(24(26)35)19-17(42)7-6-15(33)23(19)34)41(31(45)38-29(21)40)27-14(4)8-9-36-25(27)13(2)3/h5-9,13,16,42H,1,10-12H2,2-4H3,(H,37,44). The van der Waals surface area contributed by atoms with E-state index in [4.69, 9.17) is 11.6 Å². The summed E-state index contributed by atoms with van der Waals surface area (Å²) in [5.41, 5.74) is -1.94. The lowest BCUT2D eigenvalue weighted by molar-refractivity contribution is -0.128. The number of halogens is 4. The van der Waals surface area contributed by atoms with Gasteiger partial charge in [-0.15, -0.1) is 0 Å². The number of rotatable bonds is 4. The second-order valence-corrected chi connectivity index (χ2v) is 11.5. The van der Waals surface area contributed by atoms with Crippen molar-refractivity contribution in [1.29, 1.82) is 0 Å². The molecular formula is C31H26ClF3N6O4. The number of nitrogens with zero attached hydrogens (tertiary/aromatic N) is 5. The zero-order chi connectivity index (χ0) is 32.5. The molecule has 0 bridgehead atoms. The molecule has 1 fully saturated rings. The number of aryl methyl sites for hydroxylation is 1. The van der Waals surface area contributed by atoms with E-state index in [9.17, 15) is 23.9 Å². The predicted octanol–water partition coefficient (Wildman–Crippen LogP) is 4.81. The maximum atomic E-state index is 16.7. The number of anilines is 2. The Morgan fingerprint density at radius 3 is 2.58 bits per heavy atom. The Hall–Kier alpha value is -4.91. The van der Waals surface area contributed by atoms with E-state index in [1.165, 1.54) is 9.80 Å². The summed E-state index contributed by atoms with van der Waals surface area (Å²) in [6, 6.07) is 2.03. The Morgan fingerprint density at radius 2 is 1.89 bits per heavy atom. The normalized spacial score (nSPS) is 16.1. The minimum atomic E-state index is -1.60. The highest BCUT2D eigenvalue weighted by molar-refractivity contribution is 6.39. The number of hydrogen-bond donors (Lipinski definition) is 2. The number of fused-ring (bicyclic) bond motifs is 2. The summed E-state index contributed by atoms with van der Waals surface area (Å²) >= 11 is 6.92. The van der Waals surface area contributed by atoms with Crippen LogP contribution in [0, 0.1) is 24.4 Å². The molecule has 14 heteroatoms. The molecule has 4 aromatic rings. The molecule has 10 nitrogen and oxygen atoms in total. The van der Waals surface area contributed by atoms with Crippen LogP contribution in [-0.2, 0) is 9.59 Å². The van der Waals surface area contributed by atoms with Gasteiger partial charge in [-0.05, 0) is 42.7 Å². The smallest absolute Gasteiger partial charge is 0.354 e. The van der Waals surface area contributed by atoms with E-state index in [0.29, 0.717) is 17.3 Å². The number of aromatic nitrogens is 3. The van der Waals surface area contributed by atoms with E-state index in [1.54, 1.807) is 19.2 Å². The van der Waals surface area contributed by atoms with Gasteiger partial charge in [0.1, 0.15) is 17.6 Å². The van der Waals surface area contributed by atoms with Crippen molar-refractivity contribution >= 4 is 45.8 Å². The fourth-order valence-corrected chi connectivity index (χ4v) is 6.37. The average molecular weight is 639 g/mol. The van der Waals surface area contributed by atoms with Gasteiger partial charge in [-0.25, -0.2) is 18.0 Å². The van der Waals surface area contributed by atoms with Gasteiger partial charge in [-0.2, -0.15) is 4.98 Å². The van der Waals surface area contributed by atoms with Gasteiger partial charge < -0.3 is 20.2 Å². The maximum absolute atomic E-state index is 16.7. The first kappa shape index (κ1) is 30.1. The Kier molecular flexibility index (Phi) is 7.31. The van der Waals surface area contributed by atoms with Crippen LogP contribution >= 0.6 is 11.6 Å². The van der Waals surface area contributed by atoms with Gasteiger partial charge in [-0.3, -0.25) is 19.1 Å². The van der Waals surface area contributed by atoms with Crippen molar-refractivity contribution in [2.24, 2.45) is 0 Å². The van der Waals surface area contributed by atoms with Crippen LogP contribution in [0.1, 0.15) is 31.0 Å². The highest BCUT2D eigenvalue weighted by Crippen LogP contribution is 2.49. The second kappa shape index (κ2) is 10.9.